The van der Waals surface area contributed by atoms with Gasteiger partial charge in [-0.1, -0.05) is 55.4 Å². The summed E-state index contributed by atoms with van der Waals surface area (Å²) in [5.41, 5.74) is 22.7. The fourth-order valence-corrected chi connectivity index (χ4v) is 8.52. The fourth-order valence-electron chi connectivity index (χ4n) is 8.52. The summed E-state index contributed by atoms with van der Waals surface area (Å²) in [6, 6.07) is 10.0. The Morgan fingerprint density at radius 2 is 0.644 bits per heavy atom. The molecule has 4 nitrogen and oxygen atoms in total. The first kappa shape index (κ1) is 35.0. The van der Waals surface area contributed by atoms with Crippen molar-refractivity contribution in [3.05, 3.63) is 69.3 Å². The average molecular weight is 652 g/mol. The summed E-state index contributed by atoms with van der Waals surface area (Å²) >= 11 is 0. The Morgan fingerprint density at radius 1 is 0.400 bits per heavy atom. The maximum absolute atomic E-state index is 2.51. The molecule has 0 unspecified atom stereocenters. The number of hydrogen-bond donors (Lipinski definition) is 0. The summed E-state index contributed by atoms with van der Waals surface area (Å²) in [4.78, 5) is 0. The molecular weight excluding hydrogens is 595 g/mol. The quantitative estimate of drug-likeness (QED) is 0.171. The van der Waals surface area contributed by atoms with Crippen molar-refractivity contribution in [2.75, 3.05) is 0 Å². The number of aryl methyl sites for hydroxylation is 6. The molecule has 5 heterocycles. The Morgan fingerprint density at radius 3 is 0.889 bits per heavy atom. The molecule has 244 valence electrons. The molecule has 0 fully saturated rings. The minimum Gasteiger partial charge on any atom is -0.344 e. The third-order valence-corrected chi connectivity index (χ3v) is 10.7. The first-order valence-corrected chi connectivity index (χ1v) is 17.4. The number of hydrogen-bond acceptors (Lipinski definition) is 0. The molecule has 0 amide bonds. The molecule has 2 aliphatic rings. The molecule has 0 radical (unpaired) electrons. The molecule has 0 aromatic carbocycles. The summed E-state index contributed by atoms with van der Waals surface area (Å²) in [5, 5.41) is 0. The monoisotopic (exact) mass is 650 g/mol. The molecule has 0 saturated heterocycles. The van der Waals surface area contributed by atoms with Crippen LogP contribution in [0.5, 0.6) is 0 Å². The predicted molar refractivity (Wildman–Crippen MR) is 189 cm³/mol. The standard InChI is InChI=1S/C40H56N4.Ni/c1-13-25-26(14-2)34-22-36-29(17-5)30(18-6)38(43(36)11)24-40-32(20-8)31(19-7)39(44(40)12)23-37-28(16-4)27(15-3)35(42(37)10)21-33(25)41(34)9;/h21-24H,13-20H2,1-12H3;/q+2;. The number of nitrogens with zero attached hydrogens (tertiary/aromatic N) is 4. The van der Waals surface area contributed by atoms with Crippen molar-refractivity contribution in [2.45, 2.75) is 107 Å². The van der Waals surface area contributed by atoms with Gasteiger partial charge in [-0.2, -0.15) is 9.13 Å². The second kappa shape index (κ2) is 13.8. The summed E-state index contributed by atoms with van der Waals surface area (Å²) in [6.07, 6.45) is 8.23. The molecule has 3 aromatic rings. The van der Waals surface area contributed by atoms with E-state index in [2.05, 4.69) is 126 Å². The SMILES string of the molecule is CCC1=C(CC)c2cc3c(CC)c(CC)c(cc4c(CC)c(CC)c(cc5[n+](C)c(cc1[n+]2C)C(CC)=C5CC)n4C)n3C.[Ni]. The van der Waals surface area contributed by atoms with Crippen LogP contribution >= 0.6 is 0 Å². The molecule has 45 heavy (non-hydrogen) atoms. The number of fused-ring (bicyclic) bond motifs is 8. The van der Waals surface area contributed by atoms with Gasteiger partial charge in [0.05, 0.1) is 17.1 Å². The molecule has 5 rings (SSSR count). The van der Waals surface area contributed by atoms with Gasteiger partial charge in [0.25, 0.3) is 0 Å². The van der Waals surface area contributed by atoms with E-state index in [1.807, 2.05) is 0 Å². The van der Waals surface area contributed by atoms with Crippen molar-refractivity contribution >= 4 is 44.4 Å². The second-order valence-corrected chi connectivity index (χ2v) is 12.6. The van der Waals surface area contributed by atoms with Gasteiger partial charge in [-0.15, -0.1) is 0 Å². The van der Waals surface area contributed by atoms with Gasteiger partial charge in [-0.3, -0.25) is 0 Å². The van der Waals surface area contributed by atoms with Gasteiger partial charge in [-0.25, -0.2) is 0 Å². The summed E-state index contributed by atoms with van der Waals surface area (Å²) in [7, 11) is 9.15. The van der Waals surface area contributed by atoms with Crippen LogP contribution < -0.4 is 9.13 Å². The van der Waals surface area contributed by atoms with E-state index in [9.17, 15) is 0 Å². The third-order valence-electron chi connectivity index (χ3n) is 10.7. The van der Waals surface area contributed by atoms with Gasteiger partial charge < -0.3 is 9.13 Å². The van der Waals surface area contributed by atoms with E-state index in [1.165, 1.54) is 89.4 Å². The number of allylic oxidation sites excluding steroid dienone is 4. The van der Waals surface area contributed by atoms with Crippen LogP contribution in [-0.4, -0.2) is 9.13 Å². The Hall–Kier alpha value is -2.91. The zero-order chi connectivity index (χ0) is 32.0. The van der Waals surface area contributed by atoms with Crippen molar-refractivity contribution in [2.24, 2.45) is 28.2 Å². The Bertz CT molecular complexity index is 1740. The molecule has 3 aromatic heterocycles. The fraction of sp³-hybridized carbons (Fsp3) is 0.500. The number of rotatable bonds is 8. The normalized spacial score (nSPS) is 13.2. The van der Waals surface area contributed by atoms with E-state index in [0.29, 0.717) is 0 Å². The van der Waals surface area contributed by atoms with Crippen LogP contribution in [0.25, 0.3) is 44.4 Å². The molecule has 2 aliphatic heterocycles. The zero-order valence-corrected chi connectivity index (χ0v) is 31.1. The van der Waals surface area contributed by atoms with Gasteiger partial charge >= 0.3 is 0 Å². The van der Waals surface area contributed by atoms with Gasteiger partial charge in [0.2, 0.25) is 22.8 Å². The third kappa shape index (κ3) is 5.28. The smallest absolute Gasteiger partial charge is 0.215 e. The van der Waals surface area contributed by atoms with E-state index < -0.39 is 0 Å². The zero-order valence-electron chi connectivity index (χ0n) is 30.1. The average Bonchev–Trinajstić information content (AvgIpc) is 3.64. The van der Waals surface area contributed by atoms with E-state index in [4.69, 9.17) is 0 Å². The van der Waals surface area contributed by atoms with Crippen LogP contribution in [-0.2, 0) is 70.4 Å². The van der Waals surface area contributed by atoms with Crippen LogP contribution in [0.4, 0.5) is 0 Å². The molecule has 0 N–H and O–H groups in total. The molecular formula is C40H56N4Ni+2. The Balaban J connectivity index is 0.00000461. The number of aromatic nitrogens is 4. The van der Waals surface area contributed by atoms with E-state index in [1.54, 1.807) is 0 Å². The van der Waals surface area contributed by atoms with E-state index in [0.717, 1.165) is 51.4 Å². The molecule has 8 bridgehead atoms. The van der Waals surface area contributed by atoms with Crippen molar-refractivity contribution < 1.29 is 25.6 Å². The minimum atomic E-state index is 0. The van der Waals surface area contributed by atoms with Crippen molar-refractivity contribution in [3.8, 4) is 0 Å². The summed E-state index contributed by atoms with van der Waals surface area (Å²) < 4.78 is 9.94. The topological polar surface area (TPSA) is 17.6 Å². The van der Waals surface area contributed by atoms with Crippen LogP contribution in [0.2, 0.25) is 0 Å². The second-order valence-electron chi connectivity index (χ2n) is 12.6. The van der Waals surface area contributed by atoms with Crippen molar-refractivity contribution in [1.82, 2.24) is 9.13 Å². The van der Waals surface area contributed by atoms with Crippen LogP contribution in [0, 0.1) is 0 Å². The molecule has 0 aliphatic carbocycles. The summed E-state index contributed by atoms with van der Waals surface area (Å²) in [6.45, 7) is 18.6. The Kier molecular flexibility index (Phi) is 10.7. The van der Waals surface area contributed by atoms with Gasteiger partial charge in [0.1, 0.15) is 14.1 Å². The van der Waals surface area contributed by atoms with Crippen LogP contribution in [0.15, 0.2) is 24.3 Å². The van der Waals surface area contributed by atoms with Crippen molar-refractivity contribution in [1.29, 1.82) is 0 Å². The molecule has 0 atom stereocenters. The molecule has 5 heteroatoms. The molecule has 0 spiro atoms. The largest absolute Gasteiger partial charge is 0.344 e. The van der Waals surface area contributed by atoms with Gasteiger partial charge in [0, 0.05) is 76.0 Å². The van der Waals surface area contributed by atoms with E-state index >= 15 is 0 Å². The van der Waals surface area contributed by atoms with E-state index in [-0.39, 0.29) is 16.5 Å². The van der Waals surface area contributed by atoms with Crippen LogP contribution in [0.3, 0.4) is 0 Å². The minimum absolute atomic E-state index is 0. The van der Waals surface area contributed by atoms with Gasteiger partial charge in [0.15, 0.2) is 0 Å². The maximum Gasteiger partial charge on any atom is 0.215 e. The molecule has 0 saturated carbocycles. The maximum atomic E-state index is 2.51. The Labute approximate surface area is 282 Å². The summed E-state index contributed by atoms with van der Waals surface area (Å²) in [5.74, 6) is 0. The van der Waals surface area contributed by atoms with Gasteiger partial charge in [-0.05, 0) is 79.7 Å². The first-order chi connectivity index (χ1) is 21.2. The van der Waals surface area contributed by atoms with Crippen LogP contribution in [0.1, 0.15) is 126 Å². The predicted octanol–water partition coefficient (Wildman–Crippen LogP) is 8.90. The first-order valence-electron chi connectivity index (χ1n) is 17.4. The van der Waals surface area contributed by atoms with Crippen molar-refractivity contribution in [3.63, 3.8) is 0 Å².